The fraction of sp³-hybridized carbons (Fsp3) is 0.333. The van der Waals surface area contributed by atoms with Gasteiger partial charge in [0, 0.05) is 24.6 Å². The number of nitrogens with one attached hydrogen (secondary N) is 1. The number of hydrogen-bond donors (Lipinski definition) is 1. The number of amides is 1. The van der Waals surface area contributed by atoms with E-state index in [4.69, 9.17) is 14.2 Å². The molecule has 31 heavy (non-hydrogen) atoms. The summed E-state index contributed by atoms with van der Waals surface area (Å²) in [5.74, 6) is 0.423. The van der Waals surface area contributed by atoms with E-state index in [2.05, 4.69) is 15.4 Å². The van der Waals surface area contributed by atoms with E-state index >= 15 is 0 Å². The van der Waals surface area contributed by atoms with Gasteiger partial charge in [-0.3, -0.25) is 14.8 Å². The van der Waals surface area contributed by atoms with Crippen LogP contribution in [0.15, 0.2) is 12.1 Å². The van der Waals surface area contributed by atoms with Crippen LogP contribution in [-0.2, 0) is 18.2 Å². The highest BCUT2D eigenvalue weighted by molar-refractivity contribution is 7.17. The first-order chi connectivity index (χ1) is 14.9. The van der Waals surface area contributed by atoms with E-state index < -0.39 is 5.97 Å². The summed E-state index contributed by atoms with van der Waals surface area (Å²) in [4.78, 5) is 29.7. The molecule has 1 aliphatic rings. The monoisotopic (exact) mass is 442 g/mol. The van der Waals surface area contributed by atoms with Gasteiger partial charge in [-0.25, -0.2) is 9.78 Å². The summed E-state index contributed by atoms with van der Waals surface area (Å²) in [6, 6.07) is 3.82. The molecule has 162 valence electrons. The molecule has 0 bridgehead atoms. The lowest BCUT2D eigenvalue weighted by Gasteiger charge is -2.11. The topological polar surface area (TPSA) is 105 Å². The molecule has 0 atom stereocenters. The van der Waals surface area contributed by atoms with Crippen molar-refractivity contribution in [2.75, 3.05) is 26.1 Å². The molecule has 0 saturated heterocycles. The third kappa shape index (κ3) is 3.52. The van der Waals surface area contributed by atoms with Crippen LogP contribution < -0.4 is 14.8 Å². The molecular weight excluding hydrogens is 420 g/mol. The molecule has 0 spiro atoms. The summed E-state index contributed by atoms with van der Waals surface area (Å²) in [6.07, 6.45) is 0.548. The normalized spacial score (nSPS) is 11.6. The molecule has 2 heterocycles. The first-order valence-electron chi connectivity index (χ1n) is 9.64. The molecule has 3 aromatic rings. The highest BCUT2D eigenvalue weighted by atomic mass is 32.1. The maximum atomic E-state index is 13.0. The predicted molar refractivity (Wildman–Crippen MR) is 115 cm³/mol. The Kier molecular flexibility index (Phi) is 5.40. The van der Waals surface area contributed by atoms with E-state index in [1.54, 1.807) is 39.8 Å². The molecule has 1 amide bonds. The second kappa shape index (κ2) is 8.03. The van der Waals surface area contributed by atoms with Crippen LogP contribution >= 0.6 is 11.3 Å². The molecule has 0 saturated carbocycles. The number of fused-ring (bicyclic) bond motifs is 3. The number of methoxy groups -OCH3 is 2. The van der Waals surface area contributed by atoms with E-state index in [-0.39, 0.29) is 12.5 Å². The van der Waals surface area contributed by atoms with Crippen molar-refractivity contribution < 1.29 is 23.8 Å². The van der Waals surface area contributed by atoms with Crippen molar-refractivity contribution in [2.24, 2.45) is 7.05 Å². The maximum absolute atomic E-state index is 13.0. The Bertz CT molecular complexity index is 1200. The highest BCUT2D eigenvalue weighted by Gasteiger charge is 2.31. The smallest absolute Gasteiger partial charge is 0.350 e. The molecule has 0 fully saturated rings. The second-order valence-corrected chi connectivity index (χ2v) is 7.95. The second-order valence-electron chi connectivity index (χ2n) is 6.95. The molecule has 2 aromatic heterocycles. The zero-order chi connectivity index (χ0) is 22.3. The molecule has 0 radical (unpaired) electrons. The third-order valence-corrected chi connectivity index (χ3v) is 6.12. The van der Waals surface area contributed by atoms with E-state index in [1.807, 2.05) is 12.1 Å². The van der Waals surface area contributed by atoms with Gasteiger partial charge in [0.2, 0.25) is 0 Å². The first kappa shape index (κ1) is 20.9. The van der Waals surface area contributed by atoms with Crippen LogP contribution in [0.1, 0.15) is 43.9 Å². The number of rotatable bonds is 6. The Labute approximate surface area is 183 Å². The van der Waals surface area contributed by atoms with Gasteiger partial charge in [0.15, 0.2) is 22.3 Å². The molecule has 4 rings (SSSR count). The lowest BCUT2D eigenvalue weighted by molar-refractivity contribution is 0.0531. The van der Waals surface area contributed by atoms with Gasteiger partial charge in [0.25, 0.3) is 5.91 Å². The number of aromatic nitrogens is 3. The molecule has 0 unspecified atom stereocenters. The molecule has 0 aliphatic heterocycles. The van der Waals surface area contributed by atoms with Crippen molar-refractivity contribution in [3.8, 4) is 22.8 Å². The number of esters is 1. The molecule has 1 aliphatic carbocycles. The number of hydrogen-bond acceptors (Lipinski definition) is 8. The fourth-order valence-corrected chi connectivity index (χ4v) is 4.58. The van der Waals surface area contributed by atoms with E-state index in [0.29, 0.717) is 39.3 Å². The summed E-state index contributed by atoms with van der Waals surface area (Å²) in [6.45, 7) is 3.71. The van der Waals surface area contributed by atoms with Crippen LogP contribution in [0.3, 0.4) is 0 Å². The van der Waals surface area contributed by atoms with E-state index in [0.717, 1.165) is 33.7 Å². The van der Waals surface area contributed by atoms with Gasteiger partial charge in [0.05, 0.1) is 32.2 Å². The Morgan fingerprint density at radius 1 is 1.23 bits per heavy atom. The maximum Gasteiger partial charge on any atom is 0.350 e. The quantitative estimate of drug-likeness (QED) is 0.457. The lowest BCUT2D eigenvalue weighted by atomic mass is 10.1. The van der Waals surface area contributed by atoms with Gasteiger partial charge in [-0.2, -0.15) is 5.10 Å². The Balaban J connectivity index is 1.64. The van der Waals surface area contributed by atoms with Gasteiger partial charge in [-0.05, 0) is 31.5 Å². The number of aryl methyl sites for hydroxylation is 2. The van der Waals surface area contributed by atoms with Crippen LogP contribution in [0.4, 0.5) is 5.13 Å². The zero-order valence-corrected chi connectivity index (χ0v) is 18.7. The standard InChI is InChI=1S/C21H22N4O5S/c1-6-30-20(27)18-10(2)22-21(31-18)23-19(26)16-13-7-11-8-14(28-4)15(29-5)9-12(11)17(13)25(3)24-16/h8-9H,6-7H2,1-5H3,(H,22,23,26). The average Bonchev–Trinajstić information content (AvgIpc) is 3.39. The number of nitrogens with zero attached hydrogens (tertiary/aromatic N) is 3. The lowest BCUT2D eigenvalue weighted by Crippen LogP contribution is -2.14. The van der Waals surface area contributed by atoms with Gasteiger partial charge >= 0.3 is 5.97 Å². The van der Waals surface area contributed by atoms with Crippen LogP contribution in [0.25, 0.3) is 11.3 Å². The summed E-state index contributed by atoms with van der Waals surface area (Å²) in [7, 11) is 4.98. The molecule has 10 heteroatoms. The average molecular weight is 442 g/mol. The van der Waals surface area contributed by atoms with Gasteiger partial charge in [0.1, 0.15) is 4.88 Å². The van der Waals surface area contributed by atoms with Crippen molar-refractivity contribution in [1.29, 1.82) is 0 Å². The first-order valence-corrected chi connectivity index (χ1v) is 10.5. The Morgan fingerprint density at radius 3 is 2.61 bits per heavy atom. The van der Waals surface area contributed by atoms with Crippen LogP contribution in [0, 0.1) is 6.92 Å². The molecule has 9 nitrogen and oxygen atoms in total. The van der Waals surface area contributed by atoms with Crippen LogP contribution in [0.2, 0.25) is 0 Å². The van der Waals surface area contributed by atoms with Crippen molar-refractivity contribution in [1.82, 2.24) is 14.8 Å². The van der Waals surface area contributed by atoms with Crippen molar-refractivity contribution in [3.05, 3.63) is 39.5 Å². The molecule has 1 N–H and O–H groups in total. The third-order valence-electron chi connectivity index (χ3n) is 5.07. The molecular formula is C21H22N4O5S. The largest absolute Gasteiger partial charge is 0.493 e. The number of carbonyl (C=O) groups is 2. The SMILES string of the molecule is CCOC(=O)c1sc(NC(=O)c2nn(C)c3c2Cc2cc(OC)c(OC)cc2-3)nc1C. The van der Waals surface area contributed by atoms with Crippen LogP contribution in [-0.4, -0.2) is 47.5 Å². The minimum Gasteiger partial charge on any atom is -0.493 e. The van der Waals surface area contributed by atoms with Crippen molar-refractivity contribution >= 4 is 28.3 Å². The van der Waals surface area contributed by atoms with Crippen molar-refractivity contribution in [2.45, 2.75) is 20.3 Å². The number of carbonyl (C=O) groups excluding carboxylic acids is 2. The predicted octanol–water partition coefficient (Wildman–Crippen LogP) is 3.20. The van der Waals surface area contributed by atoms with Crippen LogP contribution in [0.5, 0.6) is 11.5 Å². The van der Waals surface area contributed by atoms with Gasteiger partial charge in [-0.1, -0.05) is 11.3 Å². The summed E-state index contributed by atoms with van der Waals surface area (Å²) >= 11 is 1.08. The Morgan fingerprint density at radius 2 is 1.94 bits per heavy atom. The number of thiazole rings is 1. The van der Waals surface area contributed by atoms with E-state index in [1.165, 1.54) is 0 Å². The minimum absolute atomic E-state index is 0.272. The van der Waals surface area contributed by atoms with Gasteiger partial charge in [-0.15, -0.1) is 0 Å². The highest BCUT2D eigenvalue weighted by Crippen LogP contribution is 2.43. The summed E-state index contributed by atoms with van der Waals surface area (Å²) in [5.41, 5.74) is 4.50. The number of benzene rings is 1. The van der Waals surface area contributed by atoms with Gasteiger partial charge < -0.3 is 14.2 Å². The minimum atomic E-state index is -0.449. The van der Waals surface area contributed by atoms with Crippen molar-refractivity contribution in [3.63, 3.8) is 0 Å². The zero-order valence-electron chi connectivity index (χ0n) is 17.9. The van der Waals surface area contributed by atoms with E-state index in [9.17, 15) is 9.59 Å². The fourth-order valence-electron chi connectivity index (χ4n) is 3.73. The summed E-state index contributed by atoms with van der Waals surface area (Å²) in [5, 5.41) is 7.53. The number of ether oxygens (including phenoxy) is 3. The molecule has 1 aromatic carbocycles. The Hall–Kier alpha value is -3.40. The summed E-state index contributed by atoms with van der Waals surface area (Å²) < 4.78 is 17.5. The number of anilines is 1.